The summed E-state index contributed by atoms with van der Waals surface area (Å²) in [4.78, 5) is 12.0. The molecule has 0 aliphatic rings. The van der Waals surface area contributed by atoms with Gasteiger partial charge >= 0.3 is 6.18 Å². The van der Waals surface area contributed by atoms with Crippen LogP contribution in [0.25, 0.3) is 33.5 Å². The Kier molecular flexibility index (Phi) is 3.91. The Hall–Kier alpha value is -3.61. The van der Waals surface area contributed by atoms with Gasteiger partial charge in [-0.05, 0) is 35.9 Å². The van der Waals surface area contributed by atoms with E-state index in [0.29, 0.717) is 23.7 Å². The lowest BCUT2D eigenvalue weighted by molar-refractivity contribution is -0.137. The van der Waals surface area contributed by atoms with Crippen LogP contribution in [0, 0.1) is 0 Å². The van der Waals surface area contributed by atoms with Gasteiger partial charge in [0, 0.05) is 23.6 Å². The minimum atomic E-state index is -4.34. The van der Waals surface area contributed by atoms with E-state index in [1.165, 1.54) is 12.1 Å². The van der Waals surface area contributed by atoms with Gasteiger partial charge in [-0.2, -0.15) is 13.2 Å². The van der Waals surface area contributed by atoms with E-state index in [1.807, 2.05) is 36.4 Å². The zero-order valence-electron chi connectivity index (χ0n) is 15.0. The molecule has 29 heavy (non-hydrogen) atoms. The Balaban J connectivity index is 1.43. The summed E-state index contributed by atoms with van der Waals surface area (Å²) >= 11 is 0. The number of alkyl halides is 3. The summed E-state index contributed by atoms with van der Waals surface area (Å²) in [5.41, 5.74) is 2.97. The van der Waals surface area contributed by atoms with Crippen LogP contribution < -0.4 is 0 Å². The van der Waals surface area contributed by atoms with E-state index in [4.69, 9.17) is 4.42 Å². The van der Waals surface area contributed by atoms with Crippen LogP contribution in [0.4, 0.5) is 13.2 Å². The molecule has 5 rings (SSSR count). The number of H-pyrrole nitrogens is 1. The van der Waals surface area contributed by atoms with Gasteiger partial charge in [-0.15, -0.1) is 0 Å². The Morgan fingerprint density at radius 3 is 2.52 bits per heavy atom. The summed E-state index contributed by atoms with van der Waals surface area (Å²) in [7, 11) is 0. The van der Waals surface area contributed by atoms with E-state index in [1.54, 1.807) is 6.20 Å². The zero-order valence-corrected chi connectivity index (χ0v) is 15.0. The fraction of sp³-hybridized carbons (Fsp3) is 0.0909. The minimum Gasteiger partial charge on any atom is -0.456 e. The first-order chi connectivity index (χ1) is 14.0. The van der Waals surface area contributed by atoms with Crippen molar-refractivity contribution in [3.05, 3.63) is 83.8 Å². The fourth-order valence-electron chi connectivity index (χ4n) is 3.30. The van der Waals surface area contributed by atoms with Crippen molar-refractivity contribution in [3.63, 3.8) is 0 Å². The summed E-state index contributed by atoms with van der Waals surface area (Å²) in [5.74, 6) is 1.34. The summed E-state index contributed by atoms with van der Waals surface area (Å²) in [6.45, 7) is 0. The molecule has 5 aromatic rings. The molecule has 2 aromatic carbocycles. The van der Waals surface area contributed by atoms with Crippen LogP contribution >= 0.6 is 0 Å². The first kappa shape index (κ1) is 17.5. The maximum absolute atomic E-state index is 12.7. The second-order valence-corrected chi connectivity index (χ2v) is 6.80. The van der Waals surface area contributed by atoms with Gasteiger partial charge in [-0.3, -0.25) is 0 Å². The van der Waals surface area contributed by atoms with Crippen molar-refractivity contribution in [3.8, 4) is 11.3 Å². The lowest BCUT2D eigenvalue weighted by atomic mass is 10.1. The summed E-state index contributed by atoms with van der Waals surface area (Å²) < 4.78 is 44.0. The number of imidazole rings is 1. The number of rotatable bonds is 3. The molecule has 0 spiro atoms. The number of halogens is 3. The Morgan fingerprint density at radius 1 is 0.966 bits per heavy atom. The van der Waals surface area contributed by atoms with Crippen LogP contribution in [0.5, 0.6) is 0 Å². The highest BCUT2D eigenvalue weighted by Crippen LogP contribution is 2.30. The highest BCUT2D eigenvalue weighted by Gasteiger charge is 2.29. The number of nitrogens with one attached hydrogen (secondary N) is 1. The summed E-state index contributed by atoms with van der Waals surface area (Å²) in [6.07, 6.45) is -2.26. The van der Waals surface area contributed by atoms with E-state index < -0.39 is 11.7 Å². The SMILES string of the molecule is FC(F)(F)c1ccc(Cc2nc3ncc(-c4cc5ccccc5o4)cc3[nH]2)cc1. The lowest BCUT2D eigenvalue weighted by Gasteiger charge is -2.06. The number of benzene rings is 2. The van der Waals surface area contributed by atoms with E-state index in [0.717, 1.165) is 39.7 Å². The second-order valence-electron chi connectivity index (χ2n) is 6.80. The van der Waals surface area contributed by atoms with E-state index >= 15 is 0 Å². The molecule has 0 aliphatic heterocycles. The zero-order chi connectivity index (χ0) is 20.0. The number of hydrogen-bond acceptors (Lipinski definition) is 3. The van der Waals surface area contributed by atoms with Crippen molar-refractivity contribution >= 4 is 22.1 Å². The van der Waals surface area contributed by atoms with Crippen molar-refractivity contribution in [1.82, 2.24) is 15.0 Å². The van der Waals surface area contributed by atoms with Gasteiger partial charge in [0.05, 0.1) is 11.1 Å². The number of hydrogen-bond donors (Lipinski definition) is 1. The number of pyridine rings is 1. The van der Waals surface area contributed by atoms with Crippen molar-refractivity contribution < 1.29 is 17.6 Å². The molecule has 0 atom stereocenters. The number of para-hydroxylation sites is 1. The van der Waals surface area contributed by atoms with Crippen LogP contribution in [0.15, 0.2) is 71.3 Å². The van der Waals surface area contributed by atoms with Gasteiger partial charge in [0.15, 0.2) is 5.65 Å². The van der Waals surface area contributed by atoms with Gasteiger partial charge in [0.2, 0.25) is 0 Å². The monoisotopic (exact) mass is 393 g/mol. The van der Waals surface area contributed by atoms with Crippen molar-refractivity contribution in [2.45, 2.75) is 12.6 Å². The van der Waals surface area contributed by atoms with Crippen LogP contribution in [0.1, 0.15) is 17.0 Å². The molecule has 0 fully saturated rings. The first-order valence-corrected chi connectivity index (χ1v) is 8.95. The number of fused-ring (bicyclic) bond motifs is 2. The van der Waals surface area contributed by atoms with Gasteiger partial charge in [0.1, 0.15) is 17.2 Å². The largest absolute Gasteiger partial charge is 0.456 e. The van der Waals surface area contributed by atoms with Crippen LogP contribution in [-0.4, -0.2) is 15.0 Å². The third-order valence-corrected chi connectivity index (χ3v) is 4.75. The van der Waals surface area contributed by atoms with Crippen molar-refractivity contribution in [2.24, 2.45) is 0 Å². The van der Waals surface area contributed by atoms with Crippen LogP contribution in [-0.2, 0) is 12.6 Å². The van der Waals surface area contributed by atoms with Gasteiger partial charge < -0.3 is 9.40 Å². The first-order valence-electron chi connectivity index (χ1n) is 8.95. The Morgan fingerprint density at radius 2 is 1.76 bits per heavy atom. The standard InChI is InChI=1S/C22H14F3N3O/c23-22(24,25)16-7-5-13(6-8-16)9-20-27-17-10-15(12-26-21(17)28-20)19-11-14-3-1-2-4-18(14)29-19/h1-8,10-12H,9H2,(H,26,27,28). The summed E-state index contributed by atoms with van der Waals surface area (Å²) in [5, 5.41) is 1.01. The molecule has 0 amide bonds. The predicted octanol–water partition coefficient (Wildman–Crippen LogP) is 5.98. The third kappa shape index (κ3) is 3.35. The van der Waals surface area contributed by atoms with Crippen molar-refractivity contribution in [1.29, 1.82) is 0 Å². The van der Waals surface area contributed by atoms with Gasteiger partial charge in [-0.1, -0.05) is 30.3 Å². The van der Waals surface area contributed by atoms with Crippen molar-refractivity contribution in [2.75, 3.05) is 0 Å². The van der Waals surface area contributed by atoms with Crippen LogP contribution in [0.3, 0.4) is 0 Å². The Bertz CT molecular complexity index is 1280. The molecule has 3 aromatic heterocycles. The second kappa shape index (κ2) is 6.48. The molecule has 0 unspecified atom stereocenters. The molecule has 0 aliphatic carbocycles. The van der Waals surface area contributed by atoms with Gasteiger partial charge in [-0.25, -0.2) is 9.97 Å². The molecule has 0 saturated carbocycles. The molecule has 0 radical (unpaired) electrons. The maximum Gasteiger partial charge on any atom is 0.416 e. The number of aromatic amines is 1. The van der Waals surface area contributed by atoms with E-state index in [-0.39, 0.29) is 0 Å². The number of aromatic nitrogens is 3. The lowest BCUT2D eigenvalue weighted by Crippen LogP contribution is -2.04. The van der Waals surface area contributed by atoms with Crippen LogP contribution in [0.2, 0.25) is 0 Å². The molecule has 7 heteroatoms. The fourth-order valence-corrected chi connectivity index (χ4v) is 3.30. The minimum absolute atomic E-state index is 0.383. The molecule has 4 nitrogen and oxygen atoms in total. The topological polar surface area (TPSA) is 54.7 Å². The third-order valence-electron chi connectivity index (χ3n) is 4.75. The smallest absolute Gasteiger partial charge is 0.416 e. The molecular weight excluding hydrogens is 379 g/mol. The van der Waals surface area contributed by atoms with E-state index in [2.05, 4.69) is 15.0 Å². The molecule has 1 N–H and O–H groups in total. The highest BCUT2D eigenvalue weighted by molar-refractivity contribution is 5.84. The van der Waals surface area contributed by atoms with Gasteiger partial charge in [0.25, 0.3) is 0 Å². The molecule has 0 bridgehead atoms. The predicted molar refractivity (Wildman–Crippen MR) is 103 cm³/mol. The number of furan rings is 1. The quantitative estimate of drug-likeness (QED) is 0.410. The molecule has 144 valence electrons. The highest BCUT2D eigenvalue weighted by atomic mass is 19.4. The average molecular weight is 393 g/mol. The number of nitrogens with zero attached hydrogens (tertiary/aromatic N) is 2. The molecular formula is C22H14F3N3O. The Labute approximate surface area is 163 Å². The average Bonchev–Trinajstić information content (AvgIpc) is 3.30. The maximum atomic E-state index is 12.7. The summed E-state index contributed by atoms with van der Waals surface area (Å²) in [6, 6.07) is 16.7. The molecule has 3 heterocycles. The molecule has 0 saturated heterocycles. The van der Waals surface area contributed by atoms with E-state index in [9.17, 15) is 13.2 Å². The normalized spacial score (nSPS) is 12.1.